The van der Waals surface area contributed by atoms with Crippen molar-refractivity contribution in [2.24, 2.45) is 0 Å². The van der Waals surface area contributed by atoms with Crippen LogP contribution in [0.15, 0.2) is 30.3 Å². The van der Waals surface area contributed by atoms with Gasteiger partial charge < -0.3 is 10.2 Å². The van der Waals surface area contributed by atoms with Gasteiger partial charge in [0.1, 0.15) is 11.4 Å². The number of hydrogen-bond acceptors (Lipinski definition) is 3. The SMILES string of the molecule is CCCCN(C)C(=O)c1cccc(C(=O)Nc2ccc(F)c(F)c2F)n1. The van der Waals surface area contributed by atoms with Crippen molar-refractivity contribution in [1.82, 2.24) is 9.88 Å². The summed E-state index contributed by atoms with van der Waals surface area (Å²) in [6.45, 7) is 2.55. The smallest absolute Gasteiger partial charge is 0.274 e. The number of amides is 2. The first-order valence-electron chi connectivity index (χ1n) is 8.02. The molecule has 0 atom stereocenters. The Labute approximate surface area is 148 Å². The quantitative estimate of drug-likeness (QED) is 0.796. The summed E-state index contributed by atoms with van der Waals surface area (Å²) in [7, 11) is 1.63. The number of carbonyl (C=O) groups is 2. The van der Waals surface area contributed by atoms with Gasteiger partial charge in [-0.05, 0) is 30.7 Å². The average Bonchev–Trinajstić information content (AvgIpc) is 2.65. The van der Waals surface area contributed by atoms with Crippen LogP contribution in [-0.2, 0) is 0 Å². The van der Waals surface area contributed by atoms with Gasteiger partial charge in [0.2, 0.25) is 0 Å². The summed E-state index contributed by atoms with van der Waals surface area (Å²) in [5.41, 5.74) is -0.613. The fraction of sp³-hybridized carbons (Fsp3) is 0.278. The van der Waals surface area contributed by atoms with Gasteiger partial charge in [-0.25, -0.2) is 18.2 Å². The van der Waals surface area contributed by atoms with Crippen molar-refractivity contribution >= 4 is 17.5 Å². The van der Waals surface area contributed by atoms with E-state index in [9.17, 15) is 22.8 Å². The summed E-state index contributed by atoms with van der Waals surface area (Å²) in [5.74, 6) is -5.75. The average molecular weight is 365 g/mol. The summed E-state index contributed by atoms with van der Waals surface area (Å²) in [6.07, 6.45) is 1.76. The van der Waals surface area contributed by atoms with Crippen LogP contribution in [0.4, 0.5) is 18.9 Å². The number of aromatic nitrogens is 1. The molecule has 0 saturated carbocycles. The van der Waals surface area contributed by atoms with Gasteiger partial charge in [-0.3, -0.25) is 9.59 Å². The van der Waals surface area contributed by atoms with Crippen molar-refractivity contribution < 1.29 is 22.8 Å². The van der Waals surface area contributed by atoms with E-state index in [1.54, 1.807) is 7.05 Å². The van der Waals surface area contributed by atoms with E-state index in [1.165, 1.54) is 23.1 Å². The molecule has 26 heavy (non-hydrogen) atoms. The van der Waals surface area contributed by atoms with E-state index in [0.717, 1.165) is 18.9 Å². The first kappa shape index (κ1) is 19.4. The third-order valence-corrected chi connectivity index (χ3v) is 3.68. The first-order valence-corrected chi connectivity index (χ1v) is 8.02. The topological polar surface area (TPSA) is 62.3 Å². The molecule has 2 rings (SSSR count). The number of rotatable bonds is 6. The van der Waals surface area contributed by atoms with E-state index in [-0.39, 0.29) is 17.3 Å². The lowest BCUT2D eigenvalue weighted by Crippen LogP contribution is -2.29. The molecule has 0 saturated heterocycles. The molecule has 0 fully saturated rings. The fourth-order valence-corrected chi connectivity index (χ4v) is 2.18. The van der Waals surface area contributed by atoms with E-state index in [4.69, 9.17) is 0 Å². The number of halogens is 3. The second-order valence-corrected chi connectivity index (χ2v) is 5.67. The van der Waals surface area contributed by atoms with Gasteiger partial charge in [0.25, 0.3) is 11.8 Å². The molecule has 1 N–H and O–H groups in total. The summed E-state index contributed by atoms with van der Waals surface area (Å²) in [5, 5.41) is 2.12. The molecule has 5 nitrogen and oxygen atoms in total. The minimum atomic E-state index is -1.68. The van der Waals surface area contributed by atoms with Crippen molar-refractivity contribution in [3.05, 3.63) is 59.2 Å². The number of benzene rings is 1. The lowest BCUT2D eigenvalue weighted by molar-refractivity contribution is 0.0787. The standard InChI is InChI=1S/C18H18F3N3O2/c1-3-4-10-24(2)18(26)14-7-5-6-13(22-14)17(25)23-12-9-8-11(19)15(20)16(12)21/h5-9H,3-4,10H2,1-2H3,(H,23,25). The van der Waals surface area contributed by atoms with Crippen molar-refractivity contribution in [2.45, 2.75) is 19.8 Å². The minimum absolute atomic E-state index is 0.0574. The van der Waals surface area contributed by atoms with Crippen LogP contribution in [0.1, 0.15) is 40.7 Å². The van der Waals surface area contributed by atoms with Crippen LogP contribution in [0, 0.1) is 17.5 Å². The number of pyridine rings is 1. The maximum absolute atomic E-state index is 13.7. The number of unbranched alkanes of at least 4 members (excludes halogenated alkanes) is 1. The van der Waals surface area contributed by atoms with Crippen LogP contribution in [0.2, 0.25) is 0 Å². The van der Waals surface area contributed by atoms with Crippen LogP contribution in [0.5, 0.6) is 0 Å². The third kappa shape index (κ3) is 4.38. The Kier molecular flexibility index (Phi) is 6.32. The highest BCUT2D eigenvalue weighted by Crippen LogP contribution is 2.20. The second kappa shape index (κ2) is 8.46. The molecule has 138 valence electrons. The minimum Gasteiger partial charge on any atom is -0.340 e. The molecule has 0 aliphatic carbocycles. The molecular weight excluding hydrogens is 347 g/mol. The molecule has 0 bridgehead atoms. The molecule has 8 heteroatoms. The highest BCUT2D eigenvalue weighted by atomic mass is 19.2. The van der Waals surface area contributed by atoms with Crippen LogP contribution < -0.4 is 5.32 Å². The Bertz CT molecular complexity index is 827. The Balaban J connectivity index is 2.18. The molecule has 1 heterocycles. The molecule has 1 aromatic heterocycles. The van der Waals surface area contributed by atoms with Gasteiger partial charge >= 0.3 is 0 Å². The molecule has 0 aliphatic rings. The van der Waals surface area contributed by atoms with Gasteiger partial charge in [0.15, 0.2) is 17.5 Å². The predicted octanol–water partition coefficient (Wildman–Crippen LogP) is 3.62. The lowest BCUT2D eigenvalue weighted by Gasteiger charge is -2.16. The van der Waals surface area contributed by atoms with Gasteiger partial charge in [0.05, 0.1) is 5.69 Å². The van der Waals surface area contributed by atoms with Crippen LogP contribution in [0.3, 0.4) is 0 Å². The normalized spacial score (nSPS) is 10.5. The summed E-state index contributed by atoms with van der Waals surface area (Å²) in [4.78, 5) is 30.0. The van der Waals surface area contributed by atoms with Crippen molar-refractivity contribution in [3.63, 3.8) is 0 Å². The number of anilines is 1. The van der Waals surface area contributed by atoms with E-state index < -0.39 is 29.0 Å². The summed E-state index contributed by atoms with van der Waals surface area (Å²) in [6, 6.07) is 5.85. The monoisotopic (exact) mass is 365 g/mol. The van der Waals surface area contributed by atoms with Crippen LogP contribution in [-0.4, -0.2) is 35.3 Å². The predicted molar refractivity (Wildman–Crippen MR) is 90.4 cm³/mol. The zero-order valence-electron chi connectivity index (χ0n) is 14.4. The van der Waals surface area contributed by atoms with Crippen molar-refractivity contribution in [2.75, 3.05) is 18.9 Å². The molecule has 2 amide bonds. The zero-order chi connectivity index (χ0) is 19.3. The van der Waals surface area contributed by atoms with Crippen LogP contribution in [0.25, 0.3) is 0 Å². The van der Waals surface area contributed by atoms with Gasteiger partial charge in [-0.15, -0.1) is 0 Å². The molecular formula is C18H18F3N3O2. The summed E-state index contributed by atoms with van der Waals surface area (Å²) >= 11 is 0. The Morgan fingerprint density at radius 1 is 1.08 bits per heavy atom. The zero-order valence-corrected chi connectivity index (χ0v) is 14.4. The van der Waals surface area contributed by atoms with E-state index >= 15 is 0 Å². The number of nitrogens with one attached hydrogen (secondary N) is 1. The highest BCUT2D eigenvalue weighted by Gasteiger charge is 2.18. The van der Waals surface area contributed by atoms with Crippen molar-refractivity contribution in [1.29, 1.82) is 0 Å². The maximum atomic E-state index is 13.7. The maximum Gasteiger partial charge on any atom is 0.274 e. The molecule has 1 aromatic carbocycles. The Hall–Kier alpha value is -2.90. The lowest BCUT2D eigenvalue weighted by atomic mass is 10.2. The summed E-state index contributed by atoms with van der Waals surface area (Å²) < 4.78 is 39.8. The number of carbonyl (C=O) groups excluding carboxylic acids is 2. The number of hydrogen-bond donors (Lipinski definition) is 1. The van der Waals surface area contributed by atoms with E-state index in [2.05, 4.69) is 10.3 Å². The molecule has 0 spiro atoms. The third-order valence-electron chi connectivity index (χ3n) is 3.68. The van der Waals surface area contributed by atoms with E-state index in [1.807, 2.05) is 6.92 Å². The fourth-order valence-electron chi connectivity index (χ4n) is 2.18. The molecule has 0 aliphatic heterocycles. The second-order valence-electron chi connectivity index (χ2n) is 5.67. The molecule has 0 unspecified atom stereocenters. The van der Waals surface area contributed by atoms with Crippen molar-refractivity contribution in [3.8, 4) is 0 Å². The Morgan fingerprint density at radius 3 is 2.46 bits per heavy atom. The van der Waals surface area contributed by atoms with Crippen LogP contribution >= 0.6 is 0 Å². The molecule has 0 radical (unpaired) electrons. The van der Waals surface area contributed by atoms with Gasteiger partial charge in [0, 0.05) is 13.6 Å². The number of nitrogens with zero attached hydrogens (tertiary/aromatic N) is 2. The molecule has 2 aromatic rings. The van der Waals surface area contributed by atoms with Gasteiger partial charge in [-0.2, -0.15) is 0 Å². The Morgan fingerprint density at radius 2 is 1.77 bits per heavy atom. The van der Waals surface area contributed by atoms with Gasteiger partial charge in [-0.1, -0.05) is 19.4 Å². The largest absolute Gasteiger partial charge is 0.340 e. The highest BCUT2D eigenvalue weighted by molar-refractivity contribution is 6.03. The van der Waals surface area contributed by atoms with E-state index in [0.29, 0.717) is 12.6 Å². The first-order chi connectivity index (χ1) is 12.3.